The first-order valence-corrected chi connectivity index (χ1v) is 20.3. The number of piperidine rings is 1. The fraction of sp³-hybridized carbons (Fsp3) is 0.550. The maximum atomic E-state index is 13.0. The standard InChI is InChI=1S/C40H56ClN11O3/c41-30-14-12-29(13-15-30)28-55-39(54)35(42)16-17-37(53)51-24-18-32(19-25-51)46-38-34-10-4-5-11-36(34)47-40(48-38)45-26-33-27-52(50-49-33)23-7-21-43-20-6-22-44-31-8-2-1-3-9-31/h4-5,10-15,27,31-32,35,43-44H,1-3,6-9,16-26,28,42H2,(H2,45,46,47,48)/t35-/m0/s1. The van der Waals surface area contributed by atoms with Crippen LogP contribution in [-0.2, 0) is 34.0 Å². The van der Waals surface area contributed by atoms with Crippen LogP contribution < -0.4 is 27.0 Å². The number of carbonyl (C=O) groups is 2. The molecule has 296 valence electrons. The van der Waals surface area contributed by atoms with E-state index in [-0.39, 0.29) is 31.4 Å². The Balaban J connectivity index is 0.894. The monoisotopic (exact) mass is 773 g/mol. The molecule has 1 saturated carbocycles. The highest BCUT2D eigenvalue weighted by atomic mass is 35.5. The molecule has 4 aromatic rings. The van der Waals surface area contributed by atoms with Gasteiger partial charge in [0.1, 0.15) is 24.2 Å². The van der Waals surface area contributed by atoms with Crippen LogP contribution in [0.5, 0.6) is 0 Å². The number of halogens is 1. The van der Waals surface area contributed by atoms with E-state index in [9.17, 15) is 9.59 Å². The summed E-state index contributed by atoms with van der Waals surface area (Å²) < 4.78 is 7.22. The van der Waals surface area contributed by atoms with Crippen LogP contribution in [0.2, 0.25) is 5.02 Å². The molecule has 2 aromatic carbocycles. The summed E-state index contributed by atoms with van der Waals surface area (Å²) in [7, 11) is 0. The fourth-order valence-corrected chi connectivity index (χ4v) is 7.27. The van der Waals surface area contributed by atoms with Crippen LogP contribution in [0.15, 0.2) is 54.7 Å². The first-order chi connectivity index (χ1) is 26.9. The number of anilines is 2. The number of hydrogen-bond donors (Lipinski definition) is 5. The Kier molecular flexibility index (Phi) is 15.4. The van der Waals surface area contributed by atoms with E-state index in [0.29, 0.717) is 30.6 Å². The lowest BCUT2D eigenvalue weighted by Gasteiger charge is -2.33. The van der Waals surface area contributed by atoms with Crippen molar-refractivity contribution in [1.82, 2.24) is 40.5 Å². The second-order valence-electron chi connectivity index (χ2n) is 14.7. The van der Waals surface area contributed by atoms with Gasteiger partial charge in [0.2, 0.25) is 11.9 Å². The number of nitrogens with one attached hydrogen (secondary N) is 4. The maximum absolute atomic E-state index is 13.0. The quantitative estimate of drug-likeness (QED) is 0.0599. The number of benzene rings is 2. The van der Waals surface area contributed by atoms with E-state index in [1.54, 1.807) is 24.3 Å². The number of ether oxygens (including phenoxy) is 1. The number of aryl methyl sites for hydroxylation is 1. The normalized spacial score (nSPS) is 15.9. The van der Waals surface area contributed by atoms with Crippen LogP contribution in [0.4, 0.5) is 11.8 Å². The van der Waals surface area contributed by atoms with Gasteiger partial charge >= 0.3 is 5.97 Å². The zero-order valence-corrected chi connectivity index (χ0v) is 32.5. The number of nitrogens with zero attached hydrogens (tertiary/aromatic N) is 6. The topological polar surface area (TPSA) is 177 Å². The molecule has 0 spiro atoms. The highest BCUT2D eigenvalue weighted by molar-refractivity contribution is 6.30. The molecule has 1 amide bonds. The summed E-state index contributed by atoms with van der Waals surface area (Å²) >= 11 is 5.91. The summed E-state index contributed by atoms with van der Waals surface area (Å²) in [6.07, 6.45) is 12.8. The molecule has 0 unspecified atom stereocenters. The molecular formula is C40H56ClN11O3. The summed E-state index contributed by atoms with van der Waals surface area (Å²) in [5.41, 5.74) is 8.52. The number of fused-ring (bicyclic) bond motifs is 1. The van der Waals surface area contributed by atoms with Crippen molar-refractivity contribution in [2.45, 2.75) is 108 Å². The number of amides is 1. The van der Waals surface area contributed by atoms with E-state index in [4.69, 9.17) is 32.0 Å². The Labute approximate surface area is 328 Å². The van der Waals surface area contributed by atoms with E-state index in [0.717, 1.165) is 85.9 Å². The minimum Gasteiger partial charge on any atom is -0.460 e. The van der Waals surface area contributed by atoms with Crippen molar-refractivity contribution in [1.29, 1.82) is 0 Å². The Morgan fingerprint density at radius 3 is 2.53 bits per heavy atom. The first-order valence-electron chi connectivity index (χ1n) is 19.9. The lowest BCUT2D eigenvalue weighted by molar-refractivity contribution is -0.146. The van der Waals surface area contributed by atoms with Gasteiger partial charge in [-0.2, -0.15) is 4.98 Å². The zero-order chi connectivity index (χ0) is 38.2. The average Bonchev–Trinajstić information content (AvgIpc) is 3.68. The molecule has 14 nitrogen and oxygen atoms in total. The van der Waals surface area contributed by atoms with Gasteiger partial charge < -0.3 is 36.6 Å². The first kappa shape index (κ1) is 40.3. The predicted octanol–water partition coefficient (Wildman–Crippen LogP) is 5.03. The van der Waals surface area contributed by atoms with Gasteiger partial charge in [0, 0.05) is 48.5 Å². The van der Waals surface area contributed by atoms with Gasteiger partial charge in [-0.25, -0.2) is 4.98 Å². The molecular weight excluding hydrogens is 718 g/mol. The van der Waals surface area contributed by atoms with E-state index >= 15 is 0 Å². The average molecular weight is 774 g/mol. The lowest BCUT2D eigenvalue weighted by Crippen LogP contribution is -2.43. The van der Waals surface area contributed by atoms with Crippen molar-refractivity contribution < 1.29 is 14.3 Å². The molecule has 1 aliphatic carbocycles. The third-order valence-corrected chi connectivity index (χ3v) is 10.6. The van der Waals surface area contributed by atoms with Gasteiger partial charge in [0.05, 0.1) is 18.3 Å². The Morgan fingerprint density at radius 1 is 0.927 bits per heavy atom. The molecule has 2 fully saturated rings. The van der Waals surface area contributed by atoms with E-state index < -0.39 is 12.0 Å². The summed E-state index contributed by atoms with van der Waals surface area (Å²) in [4.78, 5) is 36.8. The number of nitrogens with two attached hydrogens (primary N) is 1. The number of para-hydroxylation sites is 1. The Bertz CT molecular complexity index is 1790. The number of carbonyl (C=O) groups excluding carboxylic acids is 2. The molecule has 1 atom stereocenters. The molecule has 0 bridgehead atoms. The van der Waals surface area contributed by atoms with Crippen LogP contribution in [0, 0.1) is 0 Å². The highest BCUT2D eigenvalue weighted by Crippen LogP contribution is 2.25. The predicted molar refractivity (Wildman–Crippen MR) is 216 cm³/mol. The van der Waals surface area contributed by atoms with Crippen molar-refractivity contribution in [3.8, 4) is 0 Å². The minimum atomic E-state index is -0.864. The van der Waals surface area contributed by atoms with Gasteiger partial charge in [-0.1, -0.05) is 60.3 Å². The van der Waals surface area contributed by atoms with Gasteiger partial charge in [0.15, 0.2) is 0 Å². The largest absolute Gasteiger partial charge is 0.460 e. The molecule has 0 radical (unpaired) electrons. The fourth-order valence-electron chi connectivity index (χ4n) is 7.15. The summed E-state index contributed by atoms with van der Waals surface area (Å²) in [5, 5.41) is 24.4. The van der Waals surface area contributed by atoms with Gasteiger partial charge in [-0.15, -0.1) is 5.10 Å². The second kappa shape index (κ2) is 21.1. The van der Waals surface area contributed by atoms with Crippen molar-refractivity contribution in [2.24, 2.45) is 5.73 Å². The Hall–Kier alpha value is -4.37. The van der Waals surface area contributed by atoms with Crippen LogP contribution >= 0.6 is 11.6 Å². The summed E-state index contributed by atoms with van der Waals surface area (Å²) in [6.45, 7) is 5.63. The maximum Gasteiger partial charge on any atom is 0.323 e. The molecule has 55 heavy (non-hydrogen) atoms. The van der Waals surface area contributed by atoms with E-state index in [1.807, 2.05) is 40.0 Å². The number of aromatic nitrogens is 5. The highest BCUT2D eigenvalue weighted by Gasteiger charge is 2.25. The Morgan fingerprint density at radius 2 is 1.71 bits per heavy atom. The van der Waals surface area contributed by atoms with Crippen molar-refractivity contribution >= 4 is 46.1 Å². The molecule has 15 heteroatoms. The molecule has 2 aliphatic rings. The van der Waals surface area contributed by atoms with Gasteiger partial charge in [-0.05, 0) is 94.4 Å². The number of rotatable bonds is 20. The van der Waals surface area contributed by atoms with Crippen LogP contribution in [0.3, 0.4) is 0 Å². The lowest BCUT2D eigenvalue weighted by atomic mass is 9.95. The third-order valence-electron chi connectivity index (χ3n) is 10.4. The smallest absolute Gasteiger partial charge is 0.323 e. The van der Waals surface area contributed by atoms with E-state index in [1.165, 1.54) is 32.1 Å². The van der Waals surface area contributed by atoms with Crippen LogP contribution in [0.25, 0.3) is 10.9 Å². The molecule has 1 aliphatic heterocycles. The number of esters is 1. The molecule has 2 aromatic heterocycles. The molecule has 6 N–H and O–H groups in total. The van der Waals surface area contributed by atoms with Gasteiger partial charge in [-0.3, -0.25) is 14.3 Å². The molecule has 1 saturated heterocycles. The number of likely N-dealkylation sites (tertiary alicyclic amines) is 1. The van der Waals surface area contributed by atoms with E-state index in [2.05, 4.69) is 31.6 Å². The van der Waals surface area contributed by atoms with Gasteiger partial charge in [0.25, 0.3) is 0 Å². The van der Waals surface area contributed by atoms with Crippen LogP contribution in [0.1, 0.15) is 81.9 Å². The molecule has 3 heterocycles. The minimum absolute atomic E-state index is 0.0139. The van der Waals surface area contributed by atoms with Crippen molar-refractivity contribution in [3.05, 3.63) is 71.0 Å². The SMILES string of the molecule is N[C@@H](CCC(=O)N1CCC(Nc2nc(NCc3cn(CCCNCCCNC4CCCCC4)nn3)nc3ccccc23)CC1)C(=O)OCc1ccc(Cl)cc1. The second-order valence-corrected chi connectivity index (χ2v) is 15.1. The summed E-state index contributed by atoms with van der Waals surface area (Å²) in [5.74, 6) is 0.723. The van der Waals surface area contributed by atoms with Crippen LogP contribution in [-0.4, -0.2) is 92.6 Å². The number of hydrogen-bond acceptors (Lipinski definition) is 12. The summed E-state index contributed by atoms with van der Waals surface area (Å²) in [6, 6.07) is 15.0. The van der Waals surface area contributed by atoms with Crippen molar-refractivity contribution in [2.75, 3.05) is 43.4 Å². The zero-order valence-electron chi connectivity index (χ0n) is 31.7. The van der Waals surface area contributed by atoms with Crippen molar-refractivity contribution in [3.63, 3.8) is 0 Å². The molecule has 6 rings (SSSR count). The third kappa shape index (κ3) is 12.8.